The molecule has 0 aliphatic carbocycles. The van der Waals surface area contributed by atoms with E-state index in [0.29, 0.717) is 11.3 Å². The Morgan fingerprint density at radius 2 is 1.79 bits per heavy atom. The summed E-state index contributed by atoms with van der Waals surface area (Å²) >= 11 is 0. The lowest BCUT2D eigenvalue weighted by molar-refractivity contribution is -0.123. The molecular formula is C29H28N6O3. The second-order valence-corrected chi connectivity index (χ2v) is 9.92. The van der Waals surface area contributed by atoms with Crippen molar-refractivity contribution in [1.29, 1.82) is 0 Å². The molecule has 0 bridgehead atoms. The normalized spacial score (nSPS) is 12.3. The summed E-state index contributed by atoms with van der Waals surface area (Å²) in [4.78, 5) is 33.3. The average molecular weight is 509 g/mol. The minimum Gasteiger partial charge on any atom is -0.459 e. The number of hydrogen-bond acceptors (Lipinski definition) is 6. The molecule has 9 nitrogen and oxygen atoms in total. The van der Waals surface area contributed by atoms with Gasteiger partial charge >= 0.3 is 0 Å². The summed E-state index contributed by atoms with van der Waals surface area (Å²) < 4.78 is 7.05. The number of carbonyl (C=O) groups excluding carboxylic acids is 2. The van der Waals surface area contributed by atoms with Crippen molar-refractivity contribution in [2.45, 2.75) is 38.9 Å². The molecular weight excluding hydrogens is 480 g/mol. The van der Waals surface area contributed by atoms with Crippen LogP contribution >= 0.6 is 0 Å². The summed E-state index contributed by atoms with van der Waals surface area (Å²) in [5, 5.41) is 11.2. The molecule has 2 aromatic carbocycles. The number of rotatable bonds is 7. The van der Waals surface area contributed by atoms with Crippen LogP contribution in [0.2, 0.25) is 0 Å². The highest BCUT2D eigenvalue weighted by atomic mass is 16.3. The molecule has 1 N–H and O–H groups in total. The van der Waals surface area contributed by atoms with Crippen LogP contribution in [0.4, 0.5) is 5.69 Å². The van der Waals surface area contributed by atoms with Crippen molar-refractivity contribution in [3.8, 4) is 0 Å². The summed E-state index contributed by atoms with van der Waals surface area (Å²) in [7, 11) is 0. The van der Waals surface area contributed by atoms with E-state index in [9.17, 15) is 9.59 Å². The number of fused-ring (bicyclic) bond motifs is 1. The van der Waals surface area contributed by atoms with Gasteiger partial charge in [0.15, 0.2) is 5.76 Å². The first-order valence-electron chi connectivity index (χ1n) is 12.3. The molecule has 0 saturated heterocycles. The molecule has 5 aromatic rings. The third kappa shape index (κ3) is 5.04. The first-order valence-corrected chi connectivity index (χ1v) is 12.3. The molecule has 9 heteroatoms. The van der Waals surface area contributed by atoms with Gasteiger partial charge in [0.25, 0.3) is 5.91 Å². The maximum Gasteiger partial charge on any atom is 0.294 e. The monoisotopic (exact) mass is 508 g/mol. The molecule has 3 heterocycles. The summed E-state index contributed by atoms with van der Waals surface area (Å²) in [5.74, 6) is -0.736. The van der Waals surface area contributed by atoms with E-state index >= 15 is 0 Å². The molecule has 1 atom stereocenters. The molecule has 0 aliphatic rings. The number of aromatic nitrogens is 4. The van der Waals surface area contributed by atoms with Gasteiger partial charge in [-0.25, -0.2) is 4.68 Å². The van der Waals surface area contributed by atoms with E-state index < -0.39 is 17.9 Å². The summed E-state index contributed by atoms with van der Waals surface area (Å²) in [5.41, 5.74) is 3.64. The molecule has 0 fully saturated rings. The van der Waals surface area contributed by atoms with E-state index in [-0.39, 0.29) is 17.8 Å². The zero-order valence-electron chi connectivity index (χ0n) is 21.4. The minimum atomic E-state index is -1.03. The molecule has 0 spiro atoms. The van der Waals surface area contributed by atoms with Gasteiger partial charge < -0.3 is 9.73 Å². The van der Waals surface area contributed by atoms with Crippen LogP contribution in [-0.2, 0) is 16.9 Å². The van der Waals surface area contributed by atoms with E-state index in [1.54, 1.807) is 41.3 Å². The summed E-state index contributed by atoms with van der Waals surface area (Å²) in [6, 6.07) is 20.8. The second-order valence-electron chi connectivity index (χ2n) is 9.92. The summed E-state index contributed by atoms with van der Waals surface area (Å²) in [6.07, 6.45) is 4.64. The Bertz CT molecular complexity index is 1540. The van der Waals surface area contributed by atoms with E-state index in [0.717, 1.165) is 16.6 Å². The van der Waals surface area contributed by atoms with E-state index in [2.05, 4.69) is 41.4 Å². The molecule has 5 rings (SSSR count). The fraction of sp³-hybridized carbons (Fsp3) is 0.207. The van der Waals surface area contributed by atoms with Crippen molar-refractivity contribution < 1.29 is 14.0 Å². The smallest absolute Gasteiger partial charge is 0.294 e. The molecule has 0 aliphatic heterocycles. The third-order valence-electron chi connectivity index (χ3n) is 6.29. The Hall–Kier alpha value is -4.79. The van der Waals surface area contributed by atoms with Crippen molar-refractivity contribution in [2.75, 3.05) is 4.90 Å². The maximum absolute atomic E-state index is 13.9. The zero-order chi connectivity index (χ0) is 26.7. The van der Waals surface area contributed by atoms with Crippen LogP contribution in [0, 0.1) is 0 Å². The molecule has 0 radical (unpaired) electrons. The third-order valence-corrected chi connectivity index (χ3v) is 6.29. The Kier molecular flexibility index (Phi) is 6.74. The molecule has 1 unspecified atom stereocenters. The van der Waals surface area contributed by atoms with Crippen LogP contribution in [0.5, 0.6) is 0 Å². The van der Waals surface area contributed by atoms with Gasteiger partial charge in [-0.1, -0.05) is 56.3 Å². The Balaban J connectivity index is 1.54. The first-order chi connectivity index (χ1) is 18.3. The van der Waals surface area contributed by atoms with Crippen molar-refractivity contribution in [1.82, 2.24) is 25.3 Å². The maximum atomic E-state index is 13.9. The SMILES string of the molecule is CC(C)(C)c1ccc(N(C(=O)c2ccco2)C(C(=O)NCn2nnc3ccccc32)c2cccnc2)cc1. The molecule has 192 valence electrons. The predicted molar refractivity (Wildman–Crippen MR) is 143 cm³/mol. The molecule has 38 heavy (non-hydrogen) atoms. The lowest BCUT2D eigenvalue weighted by atomic mass is 9.87. The highest BCUT2D eigenvalue weighted by Crippen LogP contribution is 2.32. The predicted octanol–water partition coefficient (Wildman–Crippen LogP) is 4.88. The van der Waals surface area contributed by atoms with Crippen LogP contribution in [-0.4, -0.2) is 31.8 Å². The molecule has 0 saturated carbocycles. The number of carbonyl (C=O) groups is 2. The molecule has 3 aromatic heterocycles. The van der Waals surface area contributed by atoms with Gasteiger partial charge in [-0.3, -0.25) is 19.5 Å². The van der Waals surface area contributed by atoms with Crippen molar-refractivity contribution in [3.63, 3.8) is 0 Å². The number of para-hydroxylation sites is 1. The minimum absolute atomic E-state index is 0.0713. The van der Waals surface area contributed by atoms with Crippen LogP contribution in [0.1, 0.15) is 48.5 Å². The number of anilines is 1. The van der Waals surface area contributed by atoms with Gasteiger partial charge in [0.05, 0.1) is 11.8 Å². The number of benzene rings is 2. The fourth-order valence-corrected chi connectivity index (χ4v) is 4.26. The first kappa shape index (κ1) is 24.9. The fourth-order valence-electron chi connectivity index (χ4n) is 4.26. The largest absolute Gasteiger partial charge is 0.459 e. The number of nitrogens with one attached hydrogen (secondary N) is 1. The molecule has 2 amide bonds. The van der Waals surface area contributed by atoms with Crippen molar-refractivity contribution in [2.24, 2.45) is 0 Å². The Labute approximate surface area is 220 Å². The standard InChI is InChI=1S/C29H28N6O3/c1-29(2,3)21-12-14-22(15-13-21)35(28(37)25-11-7-17-38-25)26(20-8-6-16-30-18-20)27(36)31-19-34-24-10-5-4-9-23(24)32-33-34/h4-18,26H,19H2,1-3H3,(H,31,36). The zero-order valence-corrected chi connectivity index (χ0v) is 21.4. The summed E-state index contributed by atoms with van der Waals surface area (Å²) in [6.45, 7) is 6.43. The van der Waals surface area contributed by atoms with Gasteiger partial charge in [-0.15, -0.1) is 5.10 Å². The van der Waals surface area contributed by atoms with Crippen molar-refractivity contribution in [3.05, 3.63) is 108 Å². The van der Waals surface area contributed by atoms with Gasteiger partial charge in [0.2, 0.25) is 5.91 Å². The average Bonchev–Trinajstić information content (AvgIpc) is 3.61. The van der Waals surface area contributed by atoms with Crippen LogP contribution < -0.4 is 10.2 Å². The van der Waals surface area contributed by atoms with Gasteiger partial charge in [0, 0.05) is 23.6 Å². The van der Waals surface area contributed by atoms with Gasteiger partial charge in [-0.05, 0) is 53.4 Å². The van der Waals surface area contributed by atoms with E-state index in [4.69, 9.17) is 4.42 Å². The Morgan fingerprint density at radius 3 is 2.47 bits per heavy atom. The number of nitrogens with zero attached hydrogens (tertiary/aromatic N) is 5. The van der Waals surface area contributed by atoms with Gasteiger partial charge in [-0.2, -0.15) is 0 Å². The number of furan rings is 1. The van der Waals surface area contributed by atoms with Crippen molar-refractivity contribution >= 4 is 28.5 Å². The number of hydrogen-bond donors (Lipinski definition) is 1. The lowest BCUT2D eigenvalue weighted by Crippen LogP contribution is -2.44. The second kappa shape index (κ2) is 10.3. The quantitative estimate of drug-likeness (QED) is 0.336. The van der Waals surface area contributed by atoms with Gasteiger partial charge in [0.1, 0.15) is 18.2 Å². The van der Waals surface area contributed by atoms with Crippen LogP contribution in [0.3, 0.4) is 0 Å². The Morgan fingerprint density at radius 1 is 1.00 bits per heavy atom. The number of amides is 2. The highest BCUT2D eigenvalue weighted by Gasteiger charge is 2.35. The topological polar surface area (TPSA) is 106 Å². The lowest BCUT2D eigenvalue weighted by Gasteiger charge is -2.31. The van der Waals surface area contributed by atoms with E-state index in [1.807, 2.05) is 48.5 Å². The van der Waals surface area contributed by atoms with Crippen LogP contribution in [0.25, 0.3) is 11.0 Å². The number of pyridine rings is 1. The van der Waals surface area contributed by atoms with E-state index in [1.165, 1.54) is 11.2 Å². The van der Waals surface area contributed by atoms with Crippen LogP contribution in [0.15, 0.2) is 95.9 Å². The highest BCUT2D eigenvalue weighted by molar-refractivity contribution is 6.08.